The minimum Gasteiger partial charge on any atom is -0.484 e. The fourth-order valence-electron chi connectivity index (χ4n) is 1.55. The maximum Gasteiger partial charge on any atom is 0.277 e. The summed E-state index contributed by atoms with van der Waals surface area (Å²) in [6.07, 6.45) is 1.60. The molecule has 1 N–H and O–H groups in total. The first kappa shape index (κ1) is 15.7. The summed E-state index contributed by atoms with van der Waals surface area (Å²) in [6.45, 7) is 3.98. The molecule has 0 atom stereocenters. The first-order valence-electron chi connectivity index (χ1n) is 6.32. The SMILES string of the molecule is Cc1ccc(OCC(=O)NN=Cc2ccc(Br)s2)cc1C. The molecule has 0 spiro atoms. The van der Waals surface area contributed by atoms with Gasteiger partial charge in [-0.3, -0.25) is 4.79 Å². The third-order valence-electron chi connectivity index (χ3n) is 2.82. The Bertz CT molecular complexity index is 667. The molecular weight excluding hydrogens is 352 g/mol. The Hall–Kier alpha value is -1.66. The predicted molar refractivity (Wildman–Crippen MR) is 89.2 cm³/mol. The summed E-state index contributed by atoms with van der Waals surface area (Å²) in [5.74, 6) is 0.388. The van der Waals surface area contributed by atoms with Crippen LogP contribution < -0.4 is 10.2 Å². The number of hydrogen-bond donors (Lipinski definition) is 1. The van der Waals surface area contributed by atoms with E-state index in [1.54, 1.807) is 6.21 Å². The zero-order valence-corrected chi connectivity index (χ0v) is 14.1. The number of rotatable bonds is 5. The number of halogens is 1. The maximum absolute atomic E-state index is 11.6. The molecule has 21 heavy (non-hydrogen) atoms. The highest BCUT2D eigenvalue weighted by molar-refractivity contribution is 9.11. The molecule has 4 nitrogen and oxygen atoms in total. The predicted octanol–water partition coefficient (Wildman–Crippen LogP) is 3.66. The smallest absolute Gasteiger partial charge is 0.277 e. The molecule has 0 unspecified atom stereocenters. The van der Waals surface area contributed by atoms with Crippen molar-refractivity contribution in [3.05, 3.63) is 50.1 Å². The Morgan fingerprint density at radius 2 is 2.14 bits per heavy atom. The van der Waals surface area contributed by atoms with E-state index in [1.165, 1.54) is 16.9 Å². The van der Waals surface area contributed by atoms with Crippen molar-refractivity contribution < 1.29 is 9.53 Å². The van der Waals surface area contributed by atoms with Crippen LogP contribution in [0, 0.1) is 13.8 Å². The highest BCUT2D eigenvalue weighted by atomic mass is 79.9. The largest absolute Gasteiger partial charge is 0.484 e. The molecule has 2 aromatic rings. The van der Waals surface area contributed by atoms with Gasteiger partial charge in [-0.15, -0.1) is 11.3 Å². The molecular formula is C15H15BrN2O2S. The van der Waals surface area contributed by atoms with Gasteiger partial charge in [-0.2, -0.15) is 5.10 Å². The normalized spacial score (nSPS) is 10.8. The summed E-state index contributed by atoms with van der Waals surface area (Å²) in [5, 5.41) is 3.88. The second kappa shape index (κ2) is 7.38. The van der Waals surface area contributed by atoms with E-state index in [1.807, 2.05) is 44.2 Å². The molecule has 6 heteroatoms. The molecule has 0 radical (unpaired) electrons. The Morgan fingerprint density at radius 1 is 1.33 bits per heavy atom. The van der Waals surface area contributed by atoms with Crippen LogP contribution in [0.15, 0.2) is 39.2 Å². The molecule has 0 fully saturated rings. The third kappa shape index (κ3) is 4.99. The summed E-state index contributed by atoms with van der Waals surface area (Å²) in [7, 11) is 0. The van der Waals surface area contributed by atoms with Gasteiger partial charge in [0.05, 0.1) is 10.0 Å². The third-order valence-corrected chi connectivity index (χ3v) is 4.38. The van der Waals surface area contributed by atoms with E-state index in [0.717, 1.165) is 14.2 Å². The number of hydrazone groups is 1. The van der Waals surface area contributed by atoms with Gasteiger partial charge in [0.25, 0.3) is 5.91 Å². The van der Waals surface area contributed by atoms with E-state index in [2.05, 4.69) is 26.5 Å². The number of amides is 1. The van der Waals surface area contributed by atoms with Crippen molar-refractivity contribution in [1.29, 1.82) is 0 Å². The number of carbonyl (C=O) groups excluding carboxylic acids is 1. The van der Waals surface area contributed by atoms with Gasteiger partial charge in [0, 0.05) is 4.88 Å². The van der Waals surface area contributed by atoms with Gasteiger partial charge in [0.1, 0.15) is 5.75 Å². The fraction of sp³-hybridized carbons (Fsp3) is 0.200. The quantitative estimate of drug-likeness (QED) is 0.648. The fourth-order valence-corrected chi connectivity index (χ4v) is 2.85. The zero-order valence-electron chi connectivity index (χ0n) is 11.7. The van der Waals surface area contributed by atoms with Gasteiger partial charge in [0.15, 0.2) is 6.61 Å². The number of nitrogens with one attached hydrogen (secondary N) is 1. The second-order valence-corrected chi connectivity index (χ2v) is 6.96. The standard InChI is InChI=1S/C15H15BrN2O2S/c1-10-3-4-12(7-11(10)2)20-9-15(19)18-17-8-13-5-6-14(16)21-13/h3-8H,9H2,1-2H3,(H,18,19). The van der Waals surface area contributed by atoms with Gasteiger partial charge in [-0.05, 0) is 65.2 Å². The van der Waals surface area contributed by atoms with Crippen LogP contribution in [0.3, 0.4) is 0 Å². The lowest BCUT2D eigenvalue weighted by atomic mass is 10.1. The van der Waals surface area contributed by atoms with Crippen LogP contribution in [-0.2, 0) is 4.79 Å². The van der Waals surface area contributed by atoms with Gasteiger partial charge in [-0.25, -0.2) is 5.43 Å². The van der Waals surface area contributed by atoms with Gasteiger partial charge in [-0.1, -0.05) is 6.07 Å². The minimum absolute atomic E-state index is 0.0615. The molecule has 0 aliphatic rings. The molecule has 0 aliphatic carbocycles. The summed E-state index contributed by atoms with van der Waals surface area (Å²) >= 11 is 4.90. The van der Waals surface area contributed by atoms with E-state index < -0.39 is 0 Å². The lowest BCUT2D eigenvalue weighted by molar-refractivity contribution is -0.123. The molecule has 110 valence electrons. The first-order valence-corrected chi connectivity index (χ1v) is 7.93. The summed E-state index contributed by atoms with van der Waals surface area (Å²) in [6, 6.07) is 9.57. The Balaban J connectivity index is 1.79. The topological polar surface area (TPSA) is 50.7 Å². The maximum atomic E-state index is 11.6. The number of aryl methyl sites for hydroxylation is 2. The number of ether oxygens (including phenoxy) is 1. The van der Waals surface area contributed by atoms with Crippen LogP contribution in [-0.4, -0.2) is 18.7 Å². The molecule has 0 aliphatic heterocycles. The van der Waals surface area contributed by atoms with E-state index in [-0.39, 0.29) is 12.5 Å². The van der Waals surface area contributed by atoms with Crippen molar-refractivity contribution in [2.75, 3.05) is 6.61 Å². The lowest BCUT2D eigenvalue weighted by Gasteiger charge is -2.07. The van der Waals surface area contributed by atoms with Crippen molar-refractivity contribution >= 4 is 39.4 Å². The Morgan fingerprint density at radius 3 is 2.81 bits per heavy atom. The zero-order chi connectivity index (χ0) is 15.2. The van der Waals surface area contributed by atoms with Crippen LogP contribution in [0.5, 0.6) is 5.75 Å². The van der Waals surface area contributed by atoms with Crippen LogP contribution in [0.25, 0.3) is 0 Å². The highest BCUT2D eigenvalue weighted by Gasteiger charge is 2.02. The average molecular weight is 367 g/mol. The number of thiophene rings is 1. The summed E-state index contributed by atoms with van der Waals surface area (Å²) in [5.41, 5.74) is 4.76. The summed E-state index contributed by atoms with van der Waals surface area (Å²) < 4.78 is 6.44. The highest BCUT2D eigenvalue weighted by Crippen LogP contribution is 2.20. The monoisotopic (exact) mass is 366 g/mol. The van der Waals surface area contributed by atoms with Gasteiger partial charge in [0.2, 0.25) is 0 Å². The Kier molecular flexibility index (Phi) is 5.52. The number of nitrogens with zero attached hydrogens (tertiary/aromatic N) is 1. The minimum atomic E-state index is -0.292. The van der Waals surface area contributed by atoms with Gasteiger partial charge < -0.3 is 4.74 Å². The van der Waals surface area contributed by atoms with E-state index in [0.29, 0.717) is 5.75 Å². The van der Waals surface area contributed by atoms with Crippen LogP contribution in [0.4, 0.5) is 0 Å². The molecule has 1 aromatic heterocycles. The number of carbonyl (C=O) groups is 1. The van der Waals surface area contributed by atoms with Crippen molar-refractivity contribution in [3.63, 3.8) is 0 Å². The lowest BCUT2D eigenvalue weighted by Crippen LogP contribution is -2.24. The molecule has 0 saturated carbocycles. The first-order chi connectivity index (χ1) is 10.0. The van der Waals surface area contributed by atoms with Crippen LogP contribution >= 0.6 is 27.3 Å². The Labute approximate surface area is 136 Å². The van der Waals surface area contributed by atoms with Gasteiger partial charge >= 0.3 is 0 Å². The molecule has 2 rings (SSSR count). The molecule has 1 aromatic carbocycles. The molecule has 0 saturated heterocycles. The molecule has 1 heterocycles. The number of benzene rings is 1. The van der Waals surface area contributed by atoms with Crippen molar-refractivity contribution in [2.24, 2.45) is 5.10 Å². The van der Waals surface area contributed by atoms with Crippen molar-refractivity contribution in [1.82, 2.24) is 5.43 Å². The van der Waals surface area contributed by atoms with Crippen LogP contribution in [0.1, 0.15) is 16.0 Å². The number of hydrogen-bond acceptors (Lipinski definition) is 4. The second-order valence-electron chi connectivity index (χ2n) is 4.47. The van der Waals surface area contributed by atoms with Crippen molar-refractivity contribution in [3.8, 4) is 5.75 Å². The van der Waals surface area contributed by atoms with Crippen LogP contribution in [0.2, 0.25) is 0 Å². The summed E-state index contributed by atoms with van der Waals surface area (Å²) in [4.78, 5) is 12.6. The average Bonchev–Trinajstić information content (AvgIpc) is 2.86. The van der Waals surface area contributed by atoms with E-state index in [4.69, 9.17) is 4.74 Å². The molecule has 0 bridgehead atoms. The van der Waals surface area contributed by atoms with E-state index >= 15 is 0 Å². The van der Waals surface area contributed by atoms with E-state index in [9.17, 15) is 4.79 Å². The van der Waals surface area contributed by atoms with Crippen molar-refractivity contribution in [2.45, 2.75) is 13.8 Å². The molecule has 1 amide bonds.